The number of rotatable bonds is 5. The number of thiophene rings is 1. The van der Waals surface area contributed by atoms with Crippen LogP contribution in [0.5, 0.6) is 0 Å². The second-order valence-corrected chi connectivity index (χ2v) is 6.93. The van der Waals surface area contributed by atoms with Crippen LogP contribution in [0.4, 0.5) is 0 Å². The van der Waals surface area contributed by atoms with Gasteiger partial charge in [-0.15, -0.1) is 16.4 Å². The summed E-state index contributed by atoms with van der Waals surface area (Å²) in [4.78, 5) is 5.12. The van der Waals surface area contributed by atoms with Crippen LogP contribution >= 0.6 is 22.0 Å². The highest BCUT2D eigenvalue weighted by Gasteiger charge is 2.16. The predicted molar refractivity (Wildman–Crippen MR) is 65.8 cm³/mol. The van der Waals surface area contributed by atoms with Gasteiger partial charge >= 0.3 is 0 Å². The van der Waals surface area contributed by atoms with Gasteiger partial charge in [0.25, 0.3) is 14.2 Å². The lowest BCUT2D eigenvalue weighted by molar-refractivity contribution is 0.601. The quantitative estimate of drug-likeness (QED) is 0.855. The maximum absolute atomic E-state index is 10.9. The van der Waals surface area contributed by atoms with Crippen LogP contribution in [0.15, 0.2) is 22.7 Å². The van der Waals surface area contributed by atoms with Gasteiger partial charge in [0.2, 0.25) is 0 Å². The molecule has 0 amide bonds. The van der Waals surface area contributed by atoms with Gasteiger partial charge in [-0.3, -0.25) is 5.10 Å². The third-order valence-corrected chi connectivity index (χ3v) is 4.12. The van der Waals surface area contributed by atoms with Gasteiger partial charge in [-0.1, -0.05) is 6.07 Å². The van der Waals surface area contributed by atoms with E-state index in [4.69, 9.17) is 10.7 Å². The molecule has 0 saturated heterocycles. The van der Waals surface area contributed by atoms with E-state index >= 15 is 0 Å². The maximum atomic E-state index is 10.9. The van der Waals surface area contributed by atoms with Crippen molar-refractivity contribution in [3.8, 4) is 0 Å². The zero-order valence-corrected chi connectivity index (χ0v) is 11.1. The first-order valence-corrected chi connectivity index (χ1v) is 8.13. The molecular weight excluding hydrogens is 282 g/mol. The SMILES string of the molecule is O=S(=O)(Cl)c1n[nH]c(CCCc2cccs2)n1. The Kier molecular flexibility index (Phi) is 3.80. The highest BCUT2D eigenvalue weighted by atomic mass is 35.7. The lowest BCUT2D eigenvalue weighted by Gasteiger charge is -1.94. The van der Waals surface area contributed by atoms with Crippen molar-refractivity contribution >= 4 is 31.1 Å². The van der Waals surface area contributed by atoms with E-state index < -0.39 is 9.05 Å². The van der Waals surface area contributed by atoms with Gasteiger partial charge in [0.05, 0.1) is 0 Å². The molecule has 0 bridgehead atoms. The summed E-state index contributed by atoms with van der Waals surface area (Å²) in [5.74, 6) is 0.542. The third kappa shape index (κ3) is 3.52. The number of nitrogens with zero attached hydrogens (tertiary/aromatic N) is 2. The van der Waals surface area contributed by atoms with E-state index in [0.29, 0.717) is 12.2 Å². The molecule has 17 heavy (non-hydrogen) atoms. The van der Waals surface area contributed by atoms with Crippen molar-refractivity contribution in [2.75, 3.05) is 0 Å². The molecule has 8 heteroatoms. The van der Waals surface area contributed by atoms with Gasteiger partial charge in [-0.05, 0) is 24.3 Å². The number of hydrogen-bond donors (Lipinski definition) is 1. The first-order chi connectivity index (χ1) is 8.05. The highest BCUT2D eigenvalue weighted by molar-refractivity contribution is 8.13. The van der Waals surface area contributed by atoms with Crippen LogP contribution in [-0.2, 0) is 21.9 Å². The number of aromatic nitrogens is 3. The number of nitrogens with one attached hydrogen (secondary N) is 1. The van der Waals surface area contributed by atoms with Gasteiger partial charge < -0.3 is 0 Å². The van der Waals surface area contributed by atoms with Gasteiger partial charge in [0, 0.05) is 22.0 Å². The first kappa shape index (κ1) is 12.5. The standard InChI is InChI=1S/C9H10ClN3O2S2/c10-17(14,15)9-11-8(12-13-9)5-1-3-7-4-2-6-16-7/h2,4,6H,1,3,5H2,(H,11,12,13). The summed E-state index contributed by atoms with van der Waals surface area (Å²) in [6.07, 6.45) is 2.48. The number of aryl methyl sites for hydroxylation is 2. The molecule has 0 saturated carbocycles. The topological polar surface area (TPSA) is 75.7 Å². The molecule has 0 aliphatic carbocycles. The molecule has 2 aromatic rings. The molecule has 0 fully saturated rings. The molecule has 2 rings (SSSR count). The van der Waals surface area contributed by atoms with Crippen molar-refractivity contribution < 1.29 is 8.42 Å². The summed E-state index contributed by atoms with van der Waals surface area (Å²) in [6.45, 7) is 0. The molecular formula is C9H10ClN3O2S2. The monoisotopic (exact) mass is 291 g/mol. The van der Waals surface area contributed by atoms with Crippen LogP contribution in [0.1, 0.15) is 17.1 Å². The molecule has 2 heterocycles. The third-order valence-electron chi connectivity index (χ3n) is 2.15. The summed E-state index contributed by atoms with van der Waals surface area (Å²) in [5.41, 5.74) is 0. The van der Waals surface area contributed by atoms with Gasteiger partial charge in [0.15, 0.2) is 0 Å². The van der Waals surface area contributed by atoms with Crippen molar-refractivity contribution in [2.24, 2.45) is 0 Å². The van der Waals surface area contributed by atoms with Crippen molar-refractivity contribution in [3.05, 3.63) is 28.2 Å². The van der Waals surface area contributed by atoms with Gasteiger partial charge in [0.1, 0.15) is 5.82 Å². The molecule has 0 atom stereocenters. The number of halogens is 1. The largest absolute Gasteiger partial charge is 0.298 e. The maximum Gasteiger partial charge on any atom is 0.298 e. The Labute approximate surface area is 107 Å². The van der Waals surface area contributed by atoms with Crippen molar-refractivity contribution in [1.29, 1.82) is 0 Å². The second-order valence-electron chi connectivity index (χ2n) is 3.44. The fraction of sp³-hybridized carbons (Fsp3) is 0.333. The van der Waals surface area contributed by atoms with Crippen LogP contribution in [-0.4, -0.2) is 23.6 Å². The molecule has 0 unspecified atom stereocenters. The smallest absolute Gasteiger partial charge is 0.262 e. The number of hydrogen-bond acceptors (Lipinski definition) is 5. The van der Waals surface area contributed by atoms with Crippen molar-refractivity contribution in [1.82, 2.24) is 15.2 Å². The molecule has 0 aliphatic heterocycles. The molecule has 0 spiro atoms. The van der Waals surface area contributed by atoms with E-state index in [9.17, 15) is 8.42 Å². The number of aromatic amines is 1. The minimum absolute atomic E-state index is 0.356. The van der Waals surface area contributed by atoms with Crippen LogP contribution in [0.2, 0.25) is 0 Å². The summed E-state index contributed by atoms with van der Waals surface area (Å²) < 4.78 is 21.9. The Morgan fingerprint density at radius 2 is 2.24 bits per heavy atom. The molecule has 5 nitrogen and oxygen atoms in total. The summed E-state index contributed by atoms with van der Waals surface area (Å²) in [6, 6.07) is 4.08. The Hall–Kier alpha value is -0.920. The van der Waals surface area contributed by atoms with Gasteiger partial charge in [-0.2, -0.15) is 0 Å². The highest BCUT2D eigenvalue weighted by Crippen LogP contribution is 2.13. The van der Waals surface area contributed by atoms with E-state index in [1.54, 1.807) is 11.3 Å². The minimum atomic E-state index is -3.83. The van der Waals surface area contributed by atoms with Crippen LogP contribution in [0.25, 0.3) is 0 Å². The van der Waals surface area contributed by atoms with Crippen LogP contribution in [0.3, 0.4) is 0 Å². The molecule has 92 valence electrons. The fourth-order valence-electron chi connectivity index (χ4n) is 1.38. The second kappa shape index (κ2) is 5.16. The van der Waals surface area contributed by atoms with Crippen LogP contribution < -0.4 is 0 Å². The van der Waals surface area contributed by atoms with E-state index in [1.807, 2.05) is 11.4 Å². The Morgan fingerprint density at radius 1 is 1.41 bits per heavy atom. The Balaban J connectivity index is 1.90. The molecule has 1 N–H and O–H groups in total. The zero-order valence-electron chi connectivity index (χ0n) is 8.76. The molecule has 2 aromatic heterocycles. The average molecular weight is 292 g/mol. The summed E-state index contributed by atoms with van der Waals surface area (Å²) in [5, 5.41) is 7.79. The minimum Gasteiger partial charge on any atom is -0.262 e. The lowest BCUT2D eigenvalue weighted by atomic mass is 10.2. The summed E-state index contributed by atoms with van der Waals surface area (Å²) >= 11 is 1.70. The van der Waals surface area contributed by atoms with E-state index in [-0.39, 0.29) is 5.16 Å². The molecule has 0 radical (unpaired) electrons. The van der Waals surface area contributed by atoms with E-state index in [1.165, 1.54) is 4.88 Å². The van der Waals surface area contributed by atoms with Crippen LogP contribution in [0, 0.1) is 0 Å². The van der Waals surface area contributed by atoms with Crippen molar-refractivity contribution in [3.63, 3.8) is 0 Å². The average Bonchev–Trinajstić information content (AvgIpc) is 2.86. The molecule has 0 aliphatic rings. The number of H-pyrrole nitrogens is 1. The van der Waals surface area contributed by atoms with Gasteiger partial charge in [-0.25, -0.2) is 13.4 Å². The normalized spacial score (nSPS) is 11.8. The summed E-state index contributed by atoms with van der Waals surface area (Å²) in [7, 11) is 1.29. The Bertz CT molecular complexity index is 577. The lowest BCUT2D eigenvalue weighted by Crippen LogP contribution is -1.94. The predicted octanol–water partition coefficient (Wildman–Crippen LogP) is 1.97. The van der Waals surface area contributed by atoms with E-state index in [2.05, 4.69) is 21.2 Å². The van der Waals surface area contributed by atoms with Crippen molar-refractivity contribution in [2.45, 2.75) is 24.4 Å². The fourth-order valence-corrected chi connectivity index (χ4v) is 2.72. The Morgan fingerprint density at radius 3 is 2.82 bits per heavy atom. The first-order valence-electron chi connectivity index (χ1n) is 4.94. The zero-order chi connectivity index (χ0) is 12.3. The molecule has 0 aromatic carbocycles. The van der Waals surface area contributed by atoms with E-state index in [0.717, 1.165) is 12.8 Å².